The summed E-state index contributed by atoms with van der Waals surface area (Å²) >= 11 is 0. The van der Waals surface area contributed by atoms with Crippen LogP contribution in [0, 0.1) is 11.8 Å². The summed E-state index contributed by atoms with van der Waals surface area (Å²) in [6.45, 7) is 1.88. The number of carbonyl (C=O) groups is 2. The number of aliphatic carboxylic acids is 1. The summed E-state index contributed by atoms with van der Waals surface area (Å²) in [6, 6.07) is 9.37. The van der Waals surface area contributed by atoms with Crippen molar-refractivity contribution in [3.8, 4) is 0 Å². The summed E-state index contributed by atoms with van der Waals surface area (Å²) in [7, 11) is 1.69. The average Bonchev–Trinajstić information content (AvgIpc) is 3.16. The van der Waals surface area contributed by atoms with Crippen molar-refractivity contribution in [2.75, 3.05) is 7.05 Å². The van der Waals surface area contributed by atoms with Crippen molar-refractivity contribution in [1.82, 2.24) is 4.90 Å². The fraction of sp³-hybridized carbons (Fsp3) is 0.375. The molecular weight excluding hydrogens is 270 g/mol. The number of carbonyl (C=O) groups excluding carboxylic acids is 1. The molecule has 1 fully saturated rings. The number of rotatable bonds is 4. The second kappa shape index (κ2) is 4.91. The van der Waals surface area contributed by atoms with Crippen LogP contribution in [-0.2, 0) is 9.59 Å². The van der Waals surface area contributed by atoms with Gasteiger partial charge in [-0.15, -0.1) is 0 Å². The first-order valence-electron chi connectivity index (χ1n) is 6.97. The van der Waals surface area contributed by atoms with Crippen molar-refractivity contribution in [3.63, 3.8) is 0 Å². The Hall–Kier alpha value is -2.30. The van der Waals surface area contributed by atoms with E-state index in [4.69, 9.17) is 9.52 Å². The van der Waals surface area contributed by atoms with Crippen molar-refractivity contribution in [3.05, 3.63) is 36.1 Å². The Morgan fingerprint density at radius 2 is 2.05 bits per heavy atom. The molecule has 3 unspecified atom stereocenters. The molecule has 2 aromatic rings. The van der Waals surface area contributed by atoms with Crippen LogP contribution >= 0.6 is 0 Å². The lowest BCUT2D eigenvalue weighted by molar-refractivity contribution is -0.142. The number of nitrogens with zero attached hydrogens (tertiary/aromatic N) is 1. The Morgan fingerprint density at radius 1 is 1.33 bits per heavy atom. The molecule has 1 saturated carbocycles. The van der Waals surface area contributed by atoms with Crippen molar-refractivity contribution in [1.29, 1.82) is 0 Å². The van der Waals surface area contributed by atoms with E-state index in [-0.39, 0.29) is 17.9 Å². The Bertz CT molecular complexity index is 672. The molecule has 1 heterocycles. The van der Waals surface area contributed by atoms with Crippen LogP contribution in [-0.4, -0.2) is 28.9 Å². The highest BCUT2D eigenvalue weighted by atomic mass is 16.4. The van der Waals surface area contributed by atoms with E-state index in [1.807, 2.05) is 37.3 Å². The van der Waals surface area contributed by atoms with Crippen LogP contribution in [0.3, 0.4) is 0 Å². The molecule has 0 aliphatic heterocycles. The monoisotopic (exact) mass is 287 g/mol. The molecular formula is C16H17NO4. The van der Waals surface area contributed by atoms with Crippen LogP contribution < -0.4 is 0 Å². The first-order valence-corrected chi connectivity index (χ1v) is 6.97. The lowest BCUT2D eigenvalue weighted by Crippen LogP contribution is -2.31. The molecule has 0 bridgehead atoms. The van der Waals surface area contributed by atoms with Gasteiger partial charge < -0.3 is 14.4 Å². The van der Waals surface area contributed by atoms with E-state index in [0.717, 1.165) is 11.0 Å². The number of carboxylic acid groups (broad SMARTS) is 1. The van der Waals surface area contributed by atoms with Crippen LogP contribution in [0.15, 0.2) is 34.7 Å². The first-order chi connectivity index (χ1) is 9.99. The van der Waals surface area contributed by atoms with Gasteiger partial charge in [0.1, 0.15) is 11.3 Å². The third-order valence-electron chi connectivity index (χ3n) is 4.21. The predicted octanol–water partition coefficient (Wildman–Crippen LogP) is 2.67. The van der Waals surface area contributed by atoms with Crippen molar-refractivity contribution < 1.29 is 19.1 Å². The van der Waals surface area contributed by atoms with Crippen LogP contribution in [0.1, 0.15) is 25.1 Å². The molecule has 0 radical (unpaired) electrons. The first kappa shape index (κ1) is 13.7. The molecule has 3 rings (SSSR count). The van der Waals surface area contributed by atoms with E-state index >= 15 is 0 Å². The van der Waals surface area contributed by atoms with Gasteiger partial charge in [-0.3, -0.25) is 9.59 Å². The van der Waals surface area contributed by atoms with Gasteiger partial charge in [0.25, 0.3) is 0 Å². The summed E-state index contributed by atoms with van der Waals surface area (Å²) in [5, 5.41) is 9.91. The van der Waals surface area contributed by atoms with Crippen LogP contribution in [0.5, 0.6) is 0 Å². The second-order valence-electron chi connectivity index (χ2n) is 5.60. The van der Waals surface area contributed by atoms with Gasteiger partial charge in [0.2, 0.25) is 5.91 Å². The maximum atomic E-state index is 12.3. The second-order valence-corrected chi connectivity index (χ2v) is 5.60. The summed E-state index contributed by atoms with van der Waals surface area (Å²) in [4.78, 5) is 24.7. The van der Waals surface area contributed by atoms with E-state index in [9.17, 15) is 9.59 Å². The Kier molecular flexibility index (Phi) is 3.20. The summed E-state index contributed by atoms with van der Waals surface area (Å²) in [5.41, 5.74) is 0.787. The smallest absolute Gasteiger partial charge is 0.307 e. The molecule has 21 heavy (non-hydrogen) atoms. The number of furan rings is 1. The normalized spacial score (nSPS) is 22.0. The minimum Gasteiger partial charge on any atom is -0.481 e. The Labute approximate surface area is 122 Å². The van der Waals surface area contributed by atoms with E-state index in [1.165, 1.54) is 0 Å². The molecule has 5 heteroatoms. The van der Waals surface area contributed by atoms with Gasteiger partial charge in [0.05, 0.1) is 17.9 Å². The summed E-state index contributed by atoms with van der Waals surface area (Å²) < 4.78 is 5.77. The number of carboxylic acids is 1. The van der Waals surface area contributed by atoms with Crippen LogP contribution in [0.4, 0.5) is 0 Å². The van der Waals surface area contributed by atoms with E-state index in [1.54, 1.807) is 11.9 Å². The minimum atomic E-state index is -0.891. The third kappa shape index (κ3) is 2.39. The SMILES string of the molecule is CC(c1cc2ccccc2o1)N(C)C(=O)C1CC1C(=O)O. The average molecular weight is 287 g/mol. The van der Waals surface area contributed by atoms with Gasteiger partial charge in [0.15, 0.2) is 0 Å². The van der Waals surface area contributed by atoms with Gasteiger partial charge in [-0.2, -0.15) is 0 Å². The van der Waals surface area contributed by atoms with E-state index in [2.05, 4.69) is 0 Å². The summed E-state index contributed by atoms with van der Waals surface area (Å²) in [6.07, 6.45) is 0.436. The molecule has 110 valence electrons. The minimum absolute atomic E-state index is 0.129. The highest BCUT2D eigenvalue weighted by molar-refractivity contribution is 5.89. The topological polar surface area (TPSA) is 70.8 Å². The van der Waals surface area contributed by atoms with Gasteiger partial charge in [-0.05, 0) is 25.5 Å². The largest absolute Gasteiger partial charge is 0.481 e. The number of amides is 1. The zero-order valence-corrected chi connectivity index (χ0v) is 11.9. The van der Waals surface area contributed by atoms with Gasteiger partial charge >= 0.3 is 5.97 Å². The molecule has 1 aliphatic rings. The molecule has 1 aliphatic carbocycles. The van der Waals surface area contributed by atoms with Crippen molar-refractivity contribution in [2.45, 2.75) is 19.4 Å². The molecule has 3 atom stereocenters. The van der Waals surface area contributed by atoms with Crippen molar-refractivity contribution in [2.24, 2.45) is 11.8 Å². The fourth-order valence-corrected chi connectivity index (χ4v) is 2.59. The van der Waals surface area contributed by atoms with E-state index in [0.29, 0.717) is 12.2 Å². The maximum absolute atomic E-state index is 12.3. The predicted molar refractivity (Wildman–Crippen MR) is 76.6 cm³/mol. The highest BCUT2D eigenvalue weighted by Crippen LogP contribution is 2.41. The van der Waals surface area contributed by atoms with Crippen LogP contribution in [0.25, 0.3) is 11.0 Å². The molecule has 0 spiro atoms. The van der Waals surface area contributed by atoms with Crippen LogP contribution in [0.2, 0.25) is 0 Å². The lowest BCUT2D eigenvalue weighted by Gasteiger charge is -2.23. The van der Waals surface area contributed by atoms with Gasteiger partial charge in [-0.1, -0.05) is 18.2 Å². The Morgan fingerprint density at radius 3 is 2.67 bits per heavy atom. The molecule has 1 aromatic carbocycles. The Balaban J connectivity index is 1.76. The van der Waals surface area contributed by atoms with Crippen molar-refractivity contribution >= 4 is 22.8 Å². The highest BCUT2D eigenvalue weighted by Gasteiger charge is 2.50. The molecule has 1 N–H and O–H groups in total. The van der Waals surface area contributed by atoms with E-state index < -0.39 is 11.9 Å². The molecule has 5 nitrogen and oxygen atoms in total. The summed E-state index contributed by atoms with van der Waals surface area (Å²) in [5.74, 6) is -1.23. The number of hydrogen-bond donors (Lipinski definition) is 1. The number of fused-ring (bicyclic) bond motifs is 1. The molecule has 1 amide bonds. The quantitative estimate of drug-likeness (QED) is 0.938. The van der Waals surface area contributed by atoms with Gasteiger partial charge in [0, 0.05) is 12.4 Å². The zero-order valence-electron chi connectivity index (χ0n) is 11.9. The molecule has 1 aromatic heterocycles. The third-order valence-corrected chi connectivity index (χ3v) is 4.21. The number of benzene rings is 1. The number of hydrogen-bond acceptors (Lipinski definition) is 3. The maximum Gasteiger partial charge on any atom is 0.307 e. The fourth-order valence-electron chi connectivity index (χ4n) is 2.59. The lowest BCUT2D eigenvalue weighted by atomic mass is 10.2. The zero-order chi connectivity index (χ0) is 15.1. The number of para-hydroxylation sites is 1. The standard InChI is InChI=1S/C16H17NO4/c1-9(14-7-10-5-3-4-6-13(10)21-14)17(2)15(18)11-8-12(11)16(19)20/h3-7,9,11-12H,8H2,1-2H3,(H,19,20). The van der Waals surface area contributed by atoms with Gasteiger partial charge in [-0.25, -0.2) is 0 Å². The molecule has 0 saturated heterocycles.